The Morgan fingerprint density at radius 1 is 1.07 bits per heavy atom. The molecule has 0 amide bonds. The van der Waals surface area contributed by atoms with Crippen molar-refractivity contribution in [3.8, 4) is 0 Å². The molecule has 0 atom stereocenters. The number of nitro groups is 1. The van der Waals surface area contributed by atoms with Crippen LogP contribution in [-0.4, -0.2) is 15.7 Å². The predicted molar refractivity (Wildman–Crippen MR) is 104 cm³/mol. The van der Waals surface area contributed by atoms with Crippen LogP contribution in [-0.2, 0) is 6.42 Å². The molecule has 3 aromatic rings. The minimum Gasteiger partial charge on any atom is -0.289 e. The fraction of sp³-hybridized carbons (Fsp3) is 0.0476. The summed E-state index contributed by atoms with van der Waals surface area (Å²) in [6.07, 6.45) is 4.00. The molecule has 0 saturated carbocycles. The van der Waals surface area contributed by atoms with Crippen molar-refractivity contribution in [1.82, 2.24) is 4.98 Å². The van der Waals surface area contributed by atoms with Crippen LogP contribution in [0.5, 0.6) is 0 Å². The number of fused-ring (bicyclic) bond motifs is 1. The second-order valence-corrected chi connectivity index (χ2v) is 7.14. The van der Waals surface area contributed by atoms with Crippen LogP contribution in [0, 0.1) is 10.1 Å². The molecule has 0 spiro atoms. The number of Topliss-reactive ketones (excluding diaryl/α,β-unsaturated/α-hetero) is 1. The summed E-state index contributed by atoms with van der Waals surface area (Å²) < 4.78 is 0. The molecule has 2 aromatic carbocycles. The predicted octanol–water partition coefficient (Wildman–Crippen LogP) is 4.96. The van der Waals surface area contributed by atoms with Crippen LogP contribution in [0.15, 0.2) is 82.4 Å². The van der Waals surface area contributed by atoms with Crippen LogP contribution in [0.1, 0.15) is 21.5 Å². The fourth-order valence-corrected chi connectivity index (χ4v) is 3.89. The molecule has 0 N–H and O–H groups in total. The third-order valence-electron chi connectivity index (χ3n) is 4.32. The molecule has 0 radical (unpaired) electrons. The maximum atomic E-state index is 12.7. The summed E-state index contributed by atoms with van der Waals surface area (Å²) in [4.78, 5) is 28.6. The quantitative estimate of drug-likeness (QED) is 0.366. The lowest BCUT2D eigenvalue weighted by molar-refractivity contribution is -0.384. The smallest absolute Gasteiger partial charge is 0.270 e. The van der Waals surface area contributed by atoms with Gasteiger partial charge in [-0.1, -0.05) is 42.1 Å². The molecule has 0 saturated heterocycles. The number of carbonyl (C=O) groups is 1. The zero-order valence-electron chi connectivity index (χ0n) is 14.2. The number of carbonyl (C=O) groups excluding carboxylic acids is 1. The monoisotopic (exact) mass is 374 g/mol. The molecule has 132 valence electrons. The third kappa shape index (κ3) is 3.52. The van der Waals surface area contributed by atoms with E-state index < -0.39 is 4.92 Å². The molecule has 27 heavy (non-hydrogen) atoms. The summed E-state index contributed by atoms with van der Waals surface area (Å²) >= 11 is 1.41. The average molecular weight is 374 g/mol. The van der Waals surface area contributed by atoms with E-state index in [0.717, 1.165) is 15.5 Å². The summed E-state index contributed by atoms with van der Waals surface area (Å²) in [5.74, 6) is -0.0223. The molecule has 1 aliphatic carbocycles. The molecule has 0 unspecified atom stereocenters. The van der Waals surface area contributed by atoms with Gasteiger partial charge in [0.15, 0.2) is 5.78 Å². The summed E-state index contributed by atoms with van der Waals surface area (Å²) in [6.45, 7) is 0. The highest BCUT2D eigenvalue weighted by atomic mass is 32.2. The molecule has 1 heterocycles. The lowest BCUT2D eigenvalue weighted by atomic mass is 10.1. The number of non-ortho nitro benzene ring substituents is 1. The van der Waals surface area contributed by atoms with Crippen molar-refractivity contribution in [2.24, 2.45) is 0 Å². The zero-order chi connectivity index (χ0) is 18.8. The Morgan fingerprint density at radius 2 is 1.89 bits per heavy atom. The molecule has 0 aliphatic heterocycles. The van der Waals surface area contributed by atoms with E-state index >= 15 is 0 Å². The van der Waals surface area contributed by atoms with E-state index in [-0.39, 0.29) is 11.5 Å². The van der Waals surface area contributed by atoms with E-state index in [1.807, 2.05) is 42.5 Å². The SMILES string of the molecule is O=C1C(=Cc2cc([N+](=O)[O-])ccc2Sc2ccccn2)Cc2ccccc21. The van der Waals surface area contributed by atoms with Crippen molar-refractivity contribution in [3.05, 3.63) is 99.2 Å². The first kappa shape index (κ1) is 17.2. The van der Waals surface area contributed by atoms with Gasteiger partial charge in [-0.3, -0.25) is 14.9 Å². The number of allylic oxidation sites excluding steroid dienone is 1. The highest BCUT2D eigenvalue weighted by Crippen LogP contribution is 2.35. The van der Waals surface area contributed by atoms with Crippen molar-refractivity contribution >= 4 is 29.3 Å². The standard InChI is InChI=1S/C21H14N2O3S/c24-21-16(11-14-5-1-2-6-18(14)21)12-15-13-17(23(25)26)8-9-19(15)27-20-7-3-4-10-22-20/h1-10,12-13H,11H2. The lowest BCUT2D eigenvalue weighted by Gasteiger charge is -2.06. The molecule has 0 bridgehead atoms. The van der Waals surface area contributed by atoms with Gasteiger partial charge in [0.25, 0.3) is 5.69 Å². The number of aromatic nitrogens is 1. The van der Waals surface area contributed by atoms with Crippen LogP contribution in [0.4, 0.5) is 5.69 Å². The van der Waals surface area contributed by atoms with E-state index in [9.17, 15) is 14.9 Å². The third-order valence-corrected chi connectivity index (χ3v) is 5.36. The minimum atomic E-state index is -0.428. The molecule has 0 fully saturated rings. The largest absolute Gasteiger partial charge is 0.289 e. The molecule has 1 aromatic heterocycles. The zero-order valence-corrected chi connectivity index (χ0v) is 15.0. The van der Waals surface area contributed by atoms with Gasteiger partial charge in [0, 0.05) is 40.8 Å². The first-order valence-electron chi connectivity index (χ1n) is 8.32. The van der Waals surface area contributed by atoms with Gasteiger partial charge < -0.3 is 0 Å². The minimum absolute atomic E-state index is 0.00446. The normalized spacial score (nSPS) is 14.4. The van der Waals surface area contributed by atoms with Crippen LogP contribution in [0.25, 0.3) is 6.08 Å². The highest BCUT2D eigenvalue weighted by molar-refractivity contribution is 7.99. The number of nitro benzene ring substituents is 1. The van der Waals surface area contributed by atoms with Gasteiger partial charge in [-0.05, 0) is 35.4 Å². The van der Waals surface area contributed by atoms with E-state index in [1.54, 1.807) is 18.3 Å². The summed E-state index contributed by atoms with van der Waals surface area (Å²) in [5.41, 5.74) is 2.97. The molecule has 1 aliphatic rings. The number of hydrogen-bond acceptors (Lipinski definition) is 5. The van der Waals surface area contributed by atoms with Crippen molar-refractivity contribution in [1.29, 1.82) is 0 Å². The summed E-state index contributed by atoms with van der Waals surface area (Å²) in [7, 11) is 0. The van der Waals surface area contributed by atoms with E-state index in [2.05, 4.69) is 4.98 Å². The molecular weight excluding hydrogens is 360 g/mol. The van der Waals surface area contributed by atoms with Crippen LogP contribution in [0.2, 0.25) is 0 Å². The Kier molecular flexibility index (Phi) is 4.56. The van der Waals surface area contributed by atoms with Gasteiger partial charge in [-0.2, -0.15) is 0 Å². The van der Waals surface area contributed by atoms with Crippen LogP contribution < -0.4 is 0 Å². The average Bonchev–Trinajstić information content (AvgIpc) is 3.00. The number of nitrogens with zero attached hydrogens (tertiary/aromatic N) is 2. The molecule has 4 rings (SSSR count). The van der Waals surface area contributed by atoms with Gasteiger partial charge in [0.1, 0.15) is 5.03 Å². The first-order chi connectivity index (χ1) is 13.1. The summed E-state index contributed by atoms with van der Waals surface area (Å²) in [6, 6.07) is 17.8. The lowest BCUT2D eigenvalue weighted by Crippen LogP contribution is -1.96. The number of hydrogen-bond donors (Lipinski definition) is 0. The Bertz CT molecular complexity index is 1080. The van der Waals surface area contributed by atoms with E-state index in [1.165, 1.54) is 23.9 Å². The number of benzene rings is 2. The Labute approximate surface area is 159 Å². The van der Waals surface area contributed by atoms with Crippen LogP contribution >= 0.6 is 11.8 Å². The maximum Gasteiger partial charge on any atom is 0.270 e. The Hall–Kier alpha value is -3.25. The van der Waals surface area contributed by atoms with E-state index in [4.69, 9.17) is 0 Å². The number of rotatable bonds is 4. The summed E-state index contributed by atoms with van der Waals surface area (Å²) in [5, 5.41) is 12.0. The Morgan fingerprint density at radius 3 is 2.63 bits per heavy atom. The second-order valence-electron chi connectivity index (χ2n) is 6.08. The van der Waals surface area contributed by atoms with Gasteiger partial charge in [0.05, 0.1) is 4.92 Å². The van der Waals surface area contributed by atoms with Crippen molar-refractivity contribution in [2.75, 3.05) is 0 Å². The van der Waals surface area contributed by atoms with E-state index in [0.29, 0.717) is 23.1 Å². The number of pyridine rings is 1. The molecule has 5 nitrogen and oxygen atoms in total. The van der Waals surface area contributed by atoms with Crippen molar-refractivity contribution in [3.63, 3.8) is 0 Å². The van der Waals surface area contributed by atoms with Crippen molar-refractivity contribution in [2.45, 2.75) is 16.3 Å². The number of ketones is 1. The Balaban J connectivity index is 1.75. The highest BCUT2D eigenvalue weighted by Gasteiger charge is 2.24. The molecular formula is C21H14N2O3S. The fourth-order valence-electron chi connectivity index (χ4n) is 3.03. The second kappa shape index (κ2) is 7.17. The van der Waals surface area contributed by atoms with Crippen LogP contribution in [0.3, 0.4) is 0 Å². The van der Waals surface area contributed by atoms with Gasteiger partial charge >= 0.3 is 0 Å². The topological polar surface area (TPSA) is 73.1 Å². The maximum absolute atomic E-state index is 12.7. The van der Waals surface area contributed by atoms with Gasteiger partial charge in [-0.25, -0.2) is 4.98 Å². The van der Waals surface area contributed by atoms with Gasteiger partial charge in [-0.15, -0.1) is 0 Å². The van der Waals surface area contributed by atoms with Gasteiger partial charge in [0.2, 0.25) is 0 Å². The van der Waals surface area contributed by atoms with Crippen molar-refractivity contribution < 1.29 is 9.72 Å². The molecule has 6 heteroatoms. The first-order valence-corrected chi connectivity index (χ1v) is 9.14.